The Labute approximate surface area is 180 Å². The van der Waals surface area contributed by atoms with E-state index < -0.39 is 12.6 Å². The van der Waals surface area contributed by atoms with Crippen LogP contribution in [0.2, 0.25) is 15.1 Å². The Hall–Kier alpha value is -1.89. The summed E-state index contributed by atoms with van der Waals surface area (Å²) >= 11 is 18.0. The SMILES string of the molecule is O=C(NOc1ccc(/C(=C\CC(F)(F)F)c2cc(Cl)c(Cl)c(Cl)c2)cc1)C1CC1. The number of hydrogen-bond donors (Lipinski definition) is 1. The molecule has 1 aliphatic carbocycles. The molecule has 0 heterocycles. The van der Waals surface area contributed by atoms with E-state index in [0.29, 0.717) is 16.9 Å². The van der Waals surface area contributed by atoms with E-state index >= 15 is 0 Å². The topological polar surface area (TPSA) is 38.3 Å². The van der Waals surface area contributed by atoms with E-state index in [1.165, 1.54) is 12.1 Å². The van der Waals surface area contributed by atoms with Crippen molar-refractivity contribution in [3.63, 3.8) is 0 Å². The molecule has 1 fully saturated rings. The number of hydroxylamine groups is 1. The first-order valence-electron chi connectivity index (χ1n) is 8.63. The Morgan fingerprint density at radius 2 is 1.66 bits per heavy atom. The Morgan fingerprint density at radius 1 is 1.07 bits per heavy atom. The molecular weight excluding hydrogens is 450 g/mol. The van der Waals surface area contributed by atoms with Crippen molar-refractivity contribution in [2.24, 2.45) is 5.92 Å². The van der Waals surface area contributed by atoms with Crippen molar-refractivity contribution < 1.29 is 22.8 Å². The van der Waals surface area contributed by atoms with Gasteiger partial charge in [-0.1, -0.05) is 53.0 Å². The average molecular weight is 465 g/mol. The smallest absolute Gasteiger partial charge is 0.380 e. The molecule has 29 heavy (non-hydrogen) atoms. The van der Waals surface area contributed by atoms with Gasteiger partial charge in [-0.3, -0.25) is 4.79 Å². The van der Waals surface area contributed by atoms with Crippen LogP contribution in [0.4, 0.5) is 13.2 Å². The van der Waals surface area contributed by atoms with E-state index in [0.717, 1.165) is 18.9 Å². The molecule has 2 aromatic rings. The van der Waals surface area contributed by atoms with Crippen LogP contribution in [0.15, 0.2) is 42.5 Å². The third-order valence-electron chi connectivity index (χ3n) is 4.22. The van der Waals surface area contributed by atoms with Crippen molar-refractivity contribution in [1.29, 1.82) is 0 Å². The maximum Gasteiger partial charge on any atom is 0.392 e. The first-order chi connectivity index (χ1) is 13.6. The standard InChI is InChI=1S/C20H15Cl3F3NO2/c21-16-9-13(10-17(22)18(16)23)15(7-8-20(24,25)26)11-3-5-14(6-4-11)29-27-19(28)12-1-2-12/h3-7,9-10,12H,1-2,8H2,(H,27,28)/b15-7+. The van der Waals surface area contributed by atoms with Crippen molar-refractivity contribution >= 4 is 46.3 Å². The Morgan fingerprint density at radius 3 is 2.17 bits per heavy atom. The molecule has 9 heteroatoms. The first-order valence-corrected chi connectivity index (χ1v) is 9.76. The zero-order valence-electron chi connectivity index (χ0n) is 14.8. The predicted molar refractivity (Wildman–Crippen MR) is 107 cm³/mol. The lowest BCUT2D eigenvalue weighted by Gasteiger charge is -2.13. The van der Waals surface area contributed by atoms with Gasteiger partial charge in [-0.15, -0.1) is 0 Å². The molecule has 1 amide bonds. The fourth-order valence-corrected chi connectivity index (χ4v) is 3.17. The van der Waals surface area contributed by atoms with Gasteiger partial charge in [0, 0.05) is 5.92 Å². The van der Waals surface area contributed by atoms with Gasteiger partial charge >= 0.3 is 6.18 Å². The van der Waals surface area contributed by atoms with Gasteiger partial charge in [0.15, 0.2) is 5.75 Å². The Kier molecular flexibility index (Phi) is 6.66. The van der Waals surface area contributed by atoms with Gasteiger partial charge in [0.05, 0.1) is 21.5 Å². The minimum atomic E-state index is -4.37. The van der Waals surface area contributed by atoms with Gasteiger partial charge < -0.3 is 4.84 Å². The summed E-state index contributed by atoms with van der Waals surface area (Å²) in [4.78, 5) is 16.8. The highest BCUT2D eigenvalue weighted by molar-refractivity contribution is 6.48. The average Bonchev–Trinajstić information content (AvgIpc) is 3.49. The van der Waals surface area contributed by atoms with E-state index in [1.807, 2.05) is 0 Å². The van der Waals surface area contributed by atoms with Crippen molar-refractivity contribution in [3.05, 3.63) is 68.7 Å². The molecule has 0 radical (unpaired) electrons. The number of benzene rings is 2. The summed E-state index contributed by atoms with van der Waals surface area (Å²) in [5.74, 6) is 0.154. The predicted octanol–water partition coefficient (Wildman–Crippen LogP) is 6.85. The summed E-state index contributed by atoms with van der Waals surface area (Å²) in [5, 5.41) is 0.395. The maximum atomic E-state index is 12.8. The lowest BCUT2D eigenvalue weighted by molar-refractivity contribution is -0.129. The monoisotopic (exact) mass is 463 g/mol. The molecule has 1 saturated carbocycles. The van der Waals surface area contributed by atoms with Gasteiger partial charge in [0.2, 0.25) is 0 Å². The molecule has 0 saturated heterocycles. The first kappa shape index (κ1) is 21.8. The van der Waals surface area contributed by atoms with Crippen molar-refractivity contribution in [2.75, 3.05) is 0 Å². The van der Waals surface area contributed by atoms with Crippen LogP contribution in [0.5, 0.6) is 5.75 Å². The van der Waals surface area contributed by atoms with E-state index in [-0.39, 0.29) is 32.5 Å². The number of carbonyl (C=O) groups excluding carboxylic acids is 1. The zero-order valence-corrected chi connectivity index (χ0v) is 17.1. The van der Waals surface area contributed by atoms with Crippen LogP contribution < -0.4 is 10.3 Å². The highest BCUT2D eigenvalue weighted by Crippen LogP contribution is 2.36. The lowest BCUT2D eigenvalue weighted by Crippen LogP contribution is -2.28. The fraction of sp³-hybridized carbons (Fsp3) is 0.250. The molecule has 1 N–H and O–H groups in total. The summed E-state index contributed by atoms with van der Waals surface area (Å²) < 4.78 is 38.4. The molecule has 0 unspecified atom stereocenters. The van der Waals surface area contributed by atoms with Crippen LogP contribution in [0.25, 0.3) is 5.57 Å². The minimum absolute atomic E-state index is 0.00872. The minimum Gasteiger partial charge on any atom is -0.380 e. The Bertz CT molecular complexity index is 916. The third kappa shape index (κ3) is 6.04. The second-order valence-corrected chi connectivity index (χ2v) is 7.75. The number of alkyl halides is 3. The second kappa shape index (κ2) is 8.86. The number of rotatable bonds is 6. The highest BCUT2D eigenvalue weighted by Gasteiger charge is 2.30. The normalized spacial score (nSPS) is 14.6. The van der Waals surface area contributed by atoms with Crippen LogP contribution >= 0.6 is 34.8 Å². The van der Waals surface area contributed by atoms with Crippen molar-refractivity contribution in [2.45, 2.75) is 25.4 Å². The van der Waals surface area contributed by atoms with Crippen LogP contribution in [0, 0.1) is 5.92 Å². The third-order valence-corrected chi connectivity index (χ3v) is 5.41. The number of nitrogens with one attached hydrogen (secondary N) is 1. The fourth-order valence-electron chi connectivity index (χ4n) is 2.57. The van der Waals surface area contributed by atoms with Crippen LogP contribution in [0.1, 0.15) is 30.4 Å². The molecule has 0 aliphatic heterocycles. The lowest BCUT2D eigenvalue weighted by atomic mass is 9.96. The van der Waals surface area contributed by atoms with Crippen molar-refractivity contribution in [3.8, 4) is 5.75 Å². The van der Waals surface area contributed by atoms with E-state index in [1.54, 1.807) is 24.3 Å². The molecular formula is C20H15Cl3F3NO2. The van der Waals surface area contributed by atoms with Gasteiger partial charge in [0.25, 0.3) is 5.91 Å². The van der Waals surface area contributed by atoms with Gasteiger partial charge in [-0.05, 0) is 53.8 Å². The molecule has 0 atom stereocenters. The number of hydrogen-bond acceptors (Lipinski definition) is 2. The zero-order chi connectivity index (χ0) is 21.2. The molecule has 0 spiro atoms. The van der Waals surface area contributed by atoms with Crippen LogP contribution in [-0.2, 0) is 4.79 Å². The van der Waals surface area contributed by atoms with Crippen LogP contribution in [0.3, 0.4) is 0 Å². The molecule has 154 valence electrons. The molecule has 0 bridgehead atoms. The number of carbonyl (C=O) groups is 1. The number of halogens is 6. The summed E-state index contributed by atoms with van der Waals surface area (Å²) in [5.41, 5.74) is 3.53. The Balaban J connectivity index is 1.86. The molecule has 2 aromatic carbocycles. The summed E-state index contributed by atoms with van der Waals surface area (Å²) in [6, 6.07) is 9.16. The summed E-state index contributed by atoms with van der Waals surface area (Å²) in [6.45, 7) is 0. The molecule has 0 aromatic heterocycles. The maximum absolute atomic E-state index is 12.8. The van der Waals surface area contributed by atoms with Gasteiger partial charge in [0.1, 0.15) is 0 Å². The van der Waals surface area contributed by atoms with E-state index in [9.17, 15) is 18.0 Å². The highest BCUT2D eigenvalue weighted by atomic mass is 35.5. The van der Waals surface area contributed by atoms with E-state index in [4.69, 9.17) is 39.6 Å². The number of amides is 1. The second-order valence-electron chi connectivity index (χ2n) is 6.56. The number of allylic oxidation sites excluding steroid dienone is 1. The van der Waals surface area contributed by atoms with Crippen molar-refractivity contribution in [1.82, 2.24) is 5.48 Å². The van der Waals surface area contributed by atoms with Crippen LogP contribution in [-0.4, -0.2) is 12.1 Å². The molecule has 1 aliphatic rings. The van der Waals surface area contributed by atoms with Gasteiger partial charge in [-0.2, -0.15) is 18.7 Å². The van der Waals surface area contributed by atoms with Gasteiger partial charge in [-0.25, -0.2) is 0 Å². The largest absolute Gasteiger partial charge is 0.392 e. The van der Waals surface area contributed by atoms with E-state index in [2.05, 4.69) is 5.48 Å². The quantitative estimate of drug-likeness (QED) is 0.375. The summed E-state index contributed by atoms with van der Waals surface area (Å²) in [6.07, 6.45) is -2.76. The molecule has 3 nitrogen and oxygen atoms in total. The molecule has 3 rings (SSSR count). The summed E-state index contributed by atoms with van der Waals surface area (Å²) in [7, 11) is 0.